The van der Waals surface area contributed by atoms with Gasteiger partial charge in [0.15, 0.2) is 11.5 Å². The van der Waals surface area contributed by atoms with Crippen LogP contribution in [0.5, 0.6) is 11.5 Å². The van der Waals surface area contributed by atoms with E-state index in [1.54, 1.807) is 6.20 Å². The van der Waals surface area contributed by atoms with E-state index in [0.717, 1.165) is 37.4 Å². The van der Waals surface area contributed by atoms with Gasteiger partial charge in [-0.2, -0.15) is 0 Å². The molecule has 0 unspecified atom stereocenters. The third kappa shape index (κ3) is 3.65. The molecular formula is C14H17ClN4O2. The number of nitrogens with one attached hydrogen (secondary N) is 1. The fourth-order valence-electron chi connectivity index (χ4n) is 2.22. The molecule has 6 nitrogen and oxygen atoms in total. The first-order chi connectivity index (χ1) is 10.3. The van der Waals surface area contributed by atoms with Gasteiger partial charge in [-0.1, -0.05) is 16.8 Å². The molecule has 2 heterocycles. The fraction of sp³-hybridized carbons (Fsp3) is 0.429. The standard InChI is InChI=1S/C14H17ClN4O2/c15-12-8-11(9-13-14(12)21-7-6-20-13)10-16-2-1-4-19-5-3-17-18-19/h3,5,8-9,16H,1-2,4,6-7,10H2. The van der Waals surface area contributed by atoms with Crippen molar-refractivity contribution < 1.29 is 9.47 Å². The van der Waals surface area contributed by atoms with Crippen LogP contribution in [0.1, 0.15) is 12.0 Å². The molecule has 0 amide bonds. The van der Waals surface area contributed by atoms with Gasteiger partial charge in [0.1, 0.15) is 13.2 Å². The summed E-state index contributed by atoms with van der Waals surface area (Å²) < 4.78 is 12.9. The van der Waals surface area contributed by atoms with Crippen LogP contribution in [0.15, 0.2) is 24.5 Å². The zero-order valence-electron chi connectivity index (χ0n) is 11.6. The Labute approximate surface area is 128 Å². The lowest BCUT2D eigenvalue weighted by Crippen LogP contribution is -2.18. The quantitative estimate of drug-likeness (QED) is 0.826. The average Bonchev–Trinajstić information content (AvgIpc) is 3.00. The van der Waals surface area contributed by atoms with E-state index in [0.29, 0.717) is 24.0 Å². The van der Waals surface area contributed by atoms with Crippen LogP contribution >= 0.6 is 11.6 Å². The first-order valence-electron chi connectivity index (χ1n) is 6.96. The predicted octanol–water partition coefficient (Wildman–Crippen LogP) is 1.88. The lowest BCUT2D eigenvalue weighted by molar-refractivity contribution is 0.171. The SMILES string of the molecule is Clc1cc(CNCCCn2ccnn2)cc2c1OCCO2. The van der Waals surface area contributed by atoms with Crippen molar-refractivity contribution in [2.45, 2.75) is 19.5 Å². The maximum absolute atomic E-state index is 6.20. The van der Waals surface area contributed by atoms with E-state index in [1.807, 2.05) is 23.0 Å². The van der Waals surface area contributed by atoms with Crippen molar-refractivity contribution in [2.75, 3.05) is 19.8 Å². The van der Waals surface area contributed by atoms with Gasteiger partial charge in [0.05, 0.1) is 11.2 Å². The van der Waals surface area contributed by atoms with E-state index in [9.17, 15) is 0 Å². The number of fused-ring (bicyclic) bond motifs is 1. The summed E-state index contributed by atoms with van der Waals surface area (Å²) >= 11 is 6.20. The van der Waals surface area contributed by atoms with Gasteiger partial charge in [-0.05, 0) is 30.7 Å². The van der Waals surface area contributed by atoms with Crippen LogP contribution in [0.4, 0.5) is 0 Å². The van der Waals surface area contributed by atoms with Crippen LogP contribution in [-0.4, -0.2) is 34.8 Å². The van der Waals surface area contributed by atoms with Crippen molar-refractivity contribution in [3.05, 3.63) is 35.1 Å². The molecule has 1 aliphatic heterocycles. The van der Waals surface area contributed by atoms with Crippen molar-refractivity contribution in [3.63, 3.8) is 0 Å². The lowest BCUT2D eigenvalue weighted by Gasteiger charge is -2.20. The van der Waals surface area contributed by atoms with Crippen LogP contribution in [0, 0.1) is 0 Å². The summed E-state index contributed by atoms with van der Waals surface area (Å²) in [7, 11) is 0. The number of ether oxygens (including phenoxy) is 2. The highest BCUT2D eigenvalue weighted by Crippen LogP contribution is 2.38. The predicted molar refractivity (Wildman–Crippen MR) is 78.8 cm³/mol. The summed E-state index contributed by atoms with van der Waals surface area (Å²) in [6.45, 7) is 3.61. The monoisotopic (exact) mass is 308 g/mol. The summed E-state index contributed by atoms with van der Waals surface area (Å²) in [6.07, 6.45) is 4.53. The van der Waals surface area contributed by atoms with Gasteiger partial charge in [0.25, 0.3) is 0 Å². The van der Waals surface area contributed by atoms with Crippen molar-refractivity contribution in [1.82, 2.24) is 20.3 Å². The number of rotatable bonds is 6. The molecule has 21 heavy (non-hydrogen) atoms. The molecule has 0 radical (unpaired) electrons. The van der Waals surface area contributed by atoms with Crippen molar-refractivity contribution in [1.29, 1.82) is 0 Å². The molecular weight excluding hydrogens is 292 g/mol. The first-order valence-corrected chi connectivity index (χ1v) is 7.33. The zero-order valence-corrected chi connectivity index (χ0v) is 12.3. The Balaban J connectivity index is 1.48. The smallest absolute Gasteiger partial charge is 0.179 e. The second-order valence-corrected chi connectivity index (χ2v) is 5.21. The largest absolute Gasteiger partial charge is 0.486 e. The van der Waals surface area contributed by atoms with E-state index >= 15 is 0 Å². The minimum atomic E-state index is 0.548. The normalized spacial score (nSPS) is 13.4. The number of nitrogens with zero attached hydrogens (tertiary/aromatic N) is 3. The molecule has 3 rings (SSSR count). The van der Waals surface area contributed by atoms with E-state index < -0.39 is 0 Å². The van der Waals surface area contributed by atoms with Crippen molar-refractivity contribution in [2.24, 2.45) is 0 Å². The Bertz CT molecular complexity index is 589. The van der Waals surface area contributed by atoms with Crippen LogP contribution < -0.4 is 14.8 Å². The molecule has 1 aromatic heterocycles. The molecule has 0 saturated carbocycles. The highest BCUT2D eigenvalue weighted by atomic mass is 35.5. The summed E-state index contributed by atoms with van der Waals surface area (Å²) in [5.41, 5.74) is 1.09. The van der Waals surface area contributed by atoms with E-state index in [1.165, 1.54) is 0 Å². The zero-order chi connectivity index (χ0) is 14.5. The van der Waals surface area contributed by atoms with Crippen LogP contribution in [0.25, 0.3) is 0 Å². The molecule has 0 bridgehead atoms. The van der Waals surface area contributed by atoms with Crippen LogP contribution in [0.3, 0.4) is 0 Å². The van der Waals surface area contributed by atoms with Gasteiger partial charge in [-0.25, -0.2) is 0 Å². The number of hydrogen-bond donors (Lipinski definition) is 1. The minimum Gasteiger partial charge on any atom is -0.486 e. The Kier molecular flexibility index (Phi) is 4.57. The van der Waals surface area contributed by atoms with Crippen LogP contribution in [-0.2, 0) is 13.1 Å². The molecule has 1 N–H and O–H groups in total. The highest BCUT2D eigenvalue weighted by molar-refractivity contribution is 6.32. The summed E-state index contributed by atoms with van der Waals surface area (Å²) in [4.78, 5) is 0. The third-order valence-corrected chi connectivity index (χ3v) is 3.48. The van der Waals surface area contributed by atoms with E-state index in [-0.39, 0.29) is 0 Å². The lowest BCUT2D eigenvalue weighted by atomic mass is 10.2. The minimum absolute atomic E-state index is 0.548. The fourth-order valence-corrected chi connectivity index (χ4v) is 2.50. The van der Waals surface area contributed by atoms with Gasteiger partial charge in [-0.15, -0.1) is 5.10 Å². The van der Waals surface area contributed by atoms with E-state index in [4.69, 9.17) is 21.1 Å². The Hall–Kier alpha value is -1.79. The number of benzene rings is 1. The number of hydrogen-bond acceptors (Lipinski definition) is 5. The van der Waals surface area contributed by atoms with Gasteiger partial charge in [0.2, 0.25) is 0 Å². The molecule has 0 aliphatic carbocycles. The first kappa shape index (κ1) is 14.2. The molecule has 7 heteroatoms. The number of aromatic nitrogens is 3. The Morgan fingerprint density at radius 1 is 1.29 bits per heavy atom. The van der Waals surface area contributed by atoms with Gasteiger partial charge in [0, 0.05) is 19.3 Å². The topological polar surface area (TPSA) is 61.2 Å². The van der Waals surface area contributed by atoms with E-state index in [2.05, 4.69) is 15.6 Å². The second kappa shape index (κ2) is 6.78. The number of halogens is 1. The summed E-state index contributed by atoms with van der Waals surface area (Å²) in [6, 6.07) is 3.89. The molecule has 0 fully saturated rings. The molecule has 0 atom stereocenters. The average molecular weight is 309 g/mol. The second-order valence-electron chi connectivity index (χ2n) is 4.80. The molecule has 0 spiro atoms. The summed E-state index contributed by atoms with van der Waals surface area (Å²) in [5, 5.41) is 11.7. The molecule has 1 aromatic carbocycles. The molecule has 112 valence electrons. The van der Waals surface area contributed by atoms with Crippen molar-refractivity contribution in [3.8, 4) is 11.5 Å². The van der Waals surface area contributed by atoms with Gasteiger partial charge in [-0.3, -0.25) is 4.68 Å². The van der Waals surface area contributed by atoms with Crippen molar-refractivity contribution >= 4 is 11.6 Å². The molecule has 1 aliphatic rings. The number of aryl methyl sites for hydroxylation is 1. The van der Waals surface area contributed by atoms with Crippen LogP contribution in [0.2, 0.25) is 5.02 Å². The Morgan fingerprint density at radius 2 is 2.19 bits per heavy atom. The van der Waals surface area contributed by atoms with Gasteiger partial charge < -0.3 is 14.8 Å². The highest BCUT2D eigenvalue weighted by Gasteiger charge is 2.16. The summed E-state index contributed by atoms with van der Waals surface area (Å²) in [5.74, 6) is 1.38. The third-order valence-electron chi connectivity index (χ3n) is 3.20. The maximum atomic E-state index is 6.20. The van der Waals surface area contributed by atoms with Gasteiger partial charge >= 0.3 is 0 Å². The Morgan fingerprint density at radius 3 is 3.05 bits per heavy atom. The molecule has 0 saturated heterocycles. The maximum Gasteiger partial charge on any atom is 0.179 e. The molecule has 2 aromatic rings.